The fourth-order valence-electron chi connectivity index (χ4n) is 4.51. The van der Waals surface area contributed by atoms with E-state index >= 15 is 0 Å². The third kappa shape index (κ3) is 7.54. The summed E-state index contributed by atoms with van der Waals surface area (Å²) in [6, 6.07) is 14.1. The van der Waals surface area contributed by atoms with E-state index in [1.165, 1.54) is 11.1 Å². The molecule has 7 nitrogen and oxygen atoms in total. The number of hydrogen-bond acceptors (Lipinski definition) is 7. The van der Waals surface area contributed by atoms with E-state index in [2.05, 4.69) is 48.4 Å². The van der Waals surface area contributed by atoms with Crippen molar-refractivity contribution < 1.29 is 19.4 Å². The second-order valence-electron chi connectivity index (χ2n) is 9.54. The second-order valence-corrected chi connectivity index (χ2v) is 9.54. The van der Waals surface area contributed by atoms with Crippen molar-refractivity contribution in [2.45, 2.75) is 64.5 Å². The van der Waals surface area contributed by atoms with E-state index < -0.39 is 6.10 Å². The maximum atomic E-state index is 11.5. The summed E-state index contributed by atoms with van der Waals surface area (Å²) in [5.74, 6) is 0.628. The fraction of sp³-hybridized carbons (Fsp3) is 0.519. The van der Waals surface area contributed by atoms with Crippen LogP contribution in [0.5, 0.6) is 5.75 Å². The predicted octanol–water partition coefficient (Wildman–Crippen LogP) is 3.36. The molecular weight excluding hydrogens is 430 g/mol. The van der Waals surface area contributed by atoms with Crippen molar-refractivity contribution in [1.29, 1.82) is 5.26 Å². The number of benzene rings is 1. The molecule has 1 aromatic carbocycles. The molecule has 0 fully saturated rings. The van der Waals surface area contributed by atoms with Gasteiger partial charge in [0.25, 0.3) is 0 Å². The minimum absolute atomic E-state index is 0.0521. The largest absolute Gasteiger partial charge is 0.488 e. The second kappa shape index (κ2) is 12.0. The Morgan fingerprint density at radius 1 is 1.26 bits per heavy atom. The topological polar surface area (TPSA) is 104 Å². The van der Waals surface area contributed by atoms with Crippen LogP contribution in [-0.4, -0.2) is 47.5 Å². The van der Waals surface area contributed by atoms with Gasteiger partial charge in [-0.05, 0) is 69.2 Å². The molecule has 34 heavy (non-hydrogen) atoms. The van der Waals surface area contributed by atoms with Gasteiger partial charge in [0.15, 0.2) is 11.4 Å². The summed E-state index contributed by atoms with van der Waals surface area (Å²) in [5, 5.41) is 23.3. The van der Waals surface area contributed by atoms with Gasteiger partial charge in [-0.25, -0.2) is 4.98 Å². The van der Waals surface area contributed by atoms with E-state index in [0.717, 1.165) is 19.3 Å². The van der Waals surface area contributed by atoms with Gasteiger partial charge in [-0.15, -0.1) is 0 Å². The van der Waals surface area contributed by atoms with Crippen molar-refractivity contribution in [3.8, 4) is 11.8 Å². The number of pyridine rings is 1. The molecule has 2 aromatic rings. The average Bonchev–Trinajstić information content (AvgIpc) is 3.22. The summed E-state index contributed by atoms with van der Waals surface area (Å²) in [6.07, 6.45) is 3.10. The Morgan fingerprint density at radius 2 is 1.97 bits per heavy atom. The van der Waals surface area contributed by atoms with Crippen molar-refractivity contribution in [2.24, 2.45) is 5.92 Å². The lowest BCUT2D eigenvalue weighted by molar-refractivity contribution is -0.143. The van der Waals surface area contributed by atoms with Crippen LogP contribution in [0.4, 0.5) is 0 Å². The number of carbonyl (C=O) groups excluding carboxylic acids is 1. The molecule has 1 aromatic heterocycles. The number of nitrogens with one attached hydrogen (secondary N) is 1. The number of hydrogen-bond donors (Lipinski definition) is 2. The van der Waals surface area contributed by atoms with Gasteiger partial charge in [0.05, 0.1) is 13.0 Å². The molecule has 1 aliphatic carbocycles. The first-order valence-corrected chi connectivity index (χ1v) is 12.0. The van der Waals surface area contributed by atoms with Crippen LogP contribution in [0, 0.1) is 17.2 Å². The van der Waals surface area contributed by atoms with Crippen LogP contribution < -0.4 is 10.1 Å². The smallest absolute Gasteiger partial charge is 0.306 e. The van der Waals surface area contributed by atoms with E-state index in [1.54, 1.807) is 19.1 Å². The molecule has 3 rings (SSSR count). The minimum Gasteiger partial charge on any atom is -0.488 e. The molecule has 2 N–H and O–H groups in total. The zero-order valence-corrected chi connectivity index (χ0v) is 20.3. The molecule has 1 unspecified atom stereocenters. The van der Waals surface area contributed by atoms with Crippen molar-refractivity contribution in [3.05, 3.63) is 58.9 Å². The first-order valence-electron chi connectivity index (χ1n) is 12.0. The zero-order valence-electron chi connectivity index (χ0n) is 20.3. The first kappa shape index (κ1) is 25.7. The number of β-amino-alcohol motifs (C(OH)–C–C–N with tert-alkyl or cyclic N) is 1. The number of nitrogens with zero attached hydrogens (tertiary/aromatic N) is 2. The van der Waals surface area contributed by atoms with Crippen molar-refractivity contribution >= 4 is 5.97 Å². The highest BCUT2D eigenvalue weighted by atomic mass is 16.5. The molecule has 0 radical (unpaired) electrons. The summed E-state index contributed by atoms with van der Waals surface area (Å²) in [5.41, 5.74) is 3.54. The Hall–Kier alpha value is -2.95. The molecule has 0 amide bonds. The summed E-state index contributed by atoms with van der Waals surface area (Å²) in [7, 11) is 0. The summed E-state index contributed by atoms with van der Waals surface area (Å²) in [6.45, 7) is 6.87. The number of fused-ring (bicyclic) bond motifs is 1. The molecule has 182 valence electrons. The molecular formula is C27H35N3O4. The van der Waals surface area contributed by atoms with Crippen LogP contribution in [0.2, 0.25) is 0 Å². The van der Waals surface area contributed by atoms with E-state index in [-0.39, 0.29) is 30.2 Å². The number of rotatable bonds is 12. The number of carbonyl (C=O) groups is 1. The third-order valence-electron chi connectivity index (χ3n) is 6.09. The Kier molecular flexibility index (Phi) is 9.03. The molecule has 1 atom stereocenters. The lowest BCUT2D eigenvalue weighted by atomic mass is 9.88. The number of aryl methyl sites for hydroxylation is 1. The molecule has 1 heterocycles. The SMILES string of the molecule is CCOC(=O)CCc1ccc(OCC(O)CNC(C)(C)CC2Cc3ccccc3C2)c(C#N)n1. The van der Waals surface area contributed by atoms with Crippen LogP contribution in [-0.2, 0) is 28.8 Å². The van der Waals surface area contributed by atoms with Crippen molar-refractivity contribution in [2.75, 3.05) is 19.8 Å². The average molecular weight is 466 g/mol. The third-order valence-corrected chi connectivity index (χ3v) is 6.09. The van der Waals surface area contributed by atoms with Gasteiger partial charge in [-0.1, -0.05) is 24.3 Å². The normalized spacial score (nSPS) is 14.3. The molecule has 0 saturated heterocycles. The molecule has 0 bridgehead atoms. The van der Waals surface area contributed by atoms with Crippen LogP contribution in [0.25, 0.3) is 0 Å². The minimum atomic E-state index is -0.727. The standard InChI is InChI=1S/C27H35N3O4/c1-4-33-26(32)12-10-22-9-11-25(24(16-28)30-22)34-18-23(31)17-29-27(2,3)15-19-13-20-7-5-6-8-21(20)14-19/h5-9,11,19,23,29,31H,4,10,12-15,17-18H2,1-3H3. The van der Waals surface area contributed by atoms with E-state index in [1.807, 2.05) is 6.07 Å². The van der Waals surface area contributed by atoms with E-state index in [0.29, 0.717) is 36.9 Å². The number of aliphatic hydroxyl groups is 1. The molecule has 0 spiro atoms. The summed E-state index contributed by atoms with van der Waals surface area (Å²) >= 11 is 0. The Bertz CT molecular complexity index is 990. The maximum absolute atomic E-state index is 11.5. The summed E-state index contributed by atoms with van der Waals surface area (Å²) < 4.78 is 10.6. The van der Waals surface area contributed by atoms with Gasteiger partial charge in [0.1, 0.15) is 18.8 Å². The Labute approximate surface area is 202 Å². The maximum Gasteiger partial charge on any atom is 0.306 e. The van der Waals surface area contributed by atoms with E-state index in [9.17, 15) is 15.2 Å². The number of aromatic nitrogens is 1. The lowest BCUT2D eigenvalue weighted by Crippen LogP contribution is -2.46. The van der Waals surface area contributed by atoms with Gasteiger partial charge < -0.3 is 19.9 Å². The number of ether oxygens (including phenoxy) is 2. The number of nitriles is 1. The number of esters is 1. The monoisotopic (exact) mass is 465 g/mol. The molecule has 1 aliphatic rings. The Balaban J connectivity index is 1.43. The molecule has 0 aliphatic heterocycles. The van der Waals surface area contributed by atoms with Gasteiger partial charge in [0.2, 0.25) is 0 Å². The van der Waals surface area contributed by atoms with Gasteiger partial charge >= 0.3 is 5.97 Å². The predicted molar refractivity (Wildman–Crippen MR) is 129 cm³/mol. The highest BCUT2D eigenvalue weighted by molar-refractivity contribution is 5.69. The van der Waals surface area contributed by atoms with Gasteiger partial charge in [-0.2, -0.15) is 5.26 Å². The highest BCUT2D eigenvalue weighted by Crippen LogP contribution is 2.31. The van der Waals surface area contributed by atoms with Crippen LogP contribution in [0.15, 0.2) is 36.4 Å². The zero-order chi connectivity index (χ0) is 24.6. The van der Waals surface area contributed by atoms with Gasteiger partial charge in [0, 0.05) is 24.2 Å². The van der Waals surface area contributed by atoms with Gasteiger partial charge in [-0.3, -0.25) is 4.79 Å². The highest BCUT2D eigenvalue weighted by Gasteiger charge is 2.28. The van der Waals surface area contributed by atoms with Crippen molar-refractivity contribution in [3.63, 3.8) is 0 Å². The Morgan fingerprint density at radius 3 is 2.62 bits per heavy atom. The molecule has 0 saturated carbocycles. The fourth-order valence-corrected chi connectivity index (χ4v) is 4.51. The van der Waals surface area contributed by atoms with Crippen LogP contribution >= 0.6 is 0 Å². The quantitative estimate of drug-likeness (QED) is 0.463. The molecule has 7 heteroatoms. The first-order chi connectivity index (χ1) is 16.3. The van der Waals surface area contributed by atoms with Crippen LogP contribution in [0.3, 0.4) is 0 Å². The number of aliphatic hydroxyl groups excluding tert-OH is 1. The van der Waals surface area contributed by atoms with Crippen LogP contribution in [0.1, 0.15) is 56.1 Å². The lowest BCUT2D eigenvalue weighted by Gasteiger charge is -2.30. The van der Waals surface area contributed by atoms with Crippen molar-refractivity contribution in [1.82, 2.24) is 10.3 Å². The summed E-state index contributed by atoms with van der Waals surface area (Å²) in [4.78, 5) is 15.8. The van der Waals surface area contributed by atoms with E-state index in [4.69, 9.17) is 9.47 Å².